The van der Waals surface area contributed by atoms with Crippen LogP contribution in [0.4, 0.5) is 10.1 Å². The third kappa shape index (κ3) is 5.09. The molecular weight excluding hydrogens is 589 g/mol. The molecule has 0 unspecified atom stereocenters. The molecule has 1 spiro atoms. The Hall–Kier alpha value is -3.79. The molecule has 2 N–H and O–H groups in total. The van der Waals surface area contributed by atoms with Gasteiger partial charge in [-0.25, -0.2) is 4.39 Å². The summed E-state index contributed by atoms with van der Waals surface area (Å²) in [4.78, 5) is 13.7. The molecule has 0 amide bonds. The Morgan fingerprint density at radius 3 is 2.63 bits per heavy atom. The van der Waals surface area contributed by atoms with Crippen molar-refractivity contribution in [2.24, 2.45) is 0 Å². The summed E-state index contributed by atoms with van der Waals surface area (Å²) < 4.78 is 38.7. The zero-order valence-corrected chi connectivity index (χ0v) is 27.0. The molecule has 7 rings (SSSR count). The normalized spacial score (nSPS) is 25.8. The van der Waals surface area contributed by atoms with Gasteiger partial charge in [-0.2, -0.15) is 15.2 Å². The molecule has 3 aromatic rings. The van der Waals surface area contributed by atoms with Gasteiger partial charge in [-0.1, -0.05) is 11.2 Å². The Kier molecular flexibility index (Phi) is 7.90. The number of aromatic nitrogens is 3. The van der Waals surface area contributed by atoms with Crippen molar-refractivity contribution in [2.75, 3.05) is 53.2 Å². The van der Waals surface area contributed by atoms with Crippen molar-refractivity contribution < 1.29 is 23.1 Å². The average molecular weight is 632 g/mol. The third-order valence-electron chi connectivity index (χ3n) is 10.7. The third-order valence-corrected chi connectivity index (χ3v) is 10.7. The van der Waals surface area contributed by atoms with Gasteiger partial charge < -0.3 is 24.5 Å². The quantitative estimate of drug-likeness (QED) is 0.361. The summed E-state index contributed by atoms with van der Waals surface area (Å²) in [7, 11) is 5.93. The largest absolute Gasteiger partial charge is 0.475 e. The number of likely N-dealkylation sites (N-methyl/N-ethyl adjacent to an activating group) is 2. The molecule has 2 aliphatic heterocycles. The maximum absolute atomic E-state index is 14.2. The molecule has 11 nitrogen and oxygen atoms in total. The summed E-state index contributed by atoms with van der Waals surface area (Å²) in [6.45, 7) is 3.81. The van der Waals surface area contributed by atoms with Crippen LogP contribution in [0.15, 0.2) is 22.7 Å². The van der Waals surface area contributed by atoms with Gasteiger partial charge in [0.2, 0.25) is 11.8 Å². The lowest BCUT2D eigenvalue weighted by molar-refractivity contribution is -0.141. The molecule has 4 aliphatic rings. The number of hydrogen-bond acceptors (Lipinski definition) is 11. The summed E-state index contributed by atoms with van der Waals surface area (Å²) in [5, 5.41) is 14.7. The summed E-state index contributed by atoms with van der Waals surface area (Å²) >= 11 is 0. The fraction of sp³-hybridized carbons (Fsp3) is 0.588. The van der Waals surface area contributed by atoms with Gasteiger partial charge in [0.25, 0.3) is 0 Å². The first kappa shape index (κ1) is 30.8. The van der Waals surface area contributed by atoms with Crippen LogP contribution in [0.3, 0.4) is 0 Å². The van der Waals surface area contributed by atoms with Gasteiger partial charge in [0.1, 0.15) is 30.5 Å². The van der Waals surface area contributed by atoms with E-state index in [1.54, 1.807) is 6.07 Å². The van der Waals surface area contributed by atoms with Crippen molar-refractivity contribution in [3.63, 3.8) is 0 Å². The molecule has 2 aliphatic carbocycles. The van der Waals surface area contributed by atoms with Crippen molar-refractivity contribution in [3.05, 3.63) is 46.2 Å². The van der Waals surface area contributed by atoms with Crippen LogP contribution in [0.5, 0.6) is 11.8 Å². The Balaban J connectivity index is 1.28. The number of hydrogen-bond donors (Lipinski definition) is 1. The van der Waals surface area contributed by atoms with Crippen LogP contribution in [0.2, 0.25) is 0 Å². The van der Waals surface area contributed by atoms with E-state index in [9.17, 15) is 9.65 Å². The van der Waals surface area contributed by atoms with Crippen molar-refractivity contribution in [1.82, 2.24) is 24.9 Å². The topological polar surface area (TPSA) is 136 Å². The molecule has 2 fully saturated rings. The molecule has 2 aromatic heterocycles. The maximum Gasteiger partial charge on any atom is 0.221 e. The van der Waals surface area contributed by atoms with Crippen LogP contribution in [-0.2, 0) is 23.0 Å². The number of nitriles is 1. The summed E-state index contributed by atoms with van der Waals surface area (Å²) in [5.74, 6) is 1.80. The van der Waals surface area contributed by atoms with Crippen molar-refractivity contribution in [3.8, 4) is 29.3 Å². The van der Waals surface area contributed by atoms with Gasteiger partial charge in [0.15, 0.2) is 17.3 Å². The van der Waals surface area contributed by atoms with Crippen molar-refractivity contribution in [2.45, 2.75) is 81.1 Å². The molecule has 46 heavy (non-hydrogen) atoms. The Labute approximate surface area is 268 Å². The molecule has 12 heteroatoms. The molecule has 0 bridgehead atoms. The first-order valence-electron chi connectivity index (χ1n) is 16.2. The highest BCUT2D eigenvalue weighted by Gasteiger charge is 2.48. The number of likely N-dealkylation sites (tertiary alicyclic amines) is 1. The number of nitrogen functional groups attached to an aromatic ring is 1. The van der Waals surface area contributed by atoms with E-state index in [4.69, 9.17) is 34.4 Å². The zero-order chi connectivity index (χ0) is 32.2. The Morgan fingerprint density at radius 2 is 1.96 bits per heavy atom. The van der Waals surface area contributed by atoms with Gasteiger partial charge in [0.05, 0.1) is 30.3 Å². The number of fused-ring (bicyclic) bond motifs is 4. The van der Waals surface area contributed by atoms with E-state index in [-0.39, 0.29) is 17.7 Å². The lowest BCUT2D eigenvalue weighted by atomic mass is 9.61. The lowest BCUT2D eigenvalue weighted by Gasteiger charge is -2.45. The van der Waals surface area contributed by atoms with E-state index in [0.29, 0.717) is 67.3 Å². The van der Waals surface area contributed by atoms with E-state index in [1.165, 1.54) is 0 Å². The van der Waals surface area contributed by atoms with E-state index in [2.05, 4.69) is 16.1 Å². The maximum atomic E-state index is 14.2. The molecule has 2 saturated heterocycles. The number of alkyl halides is 1. The van der Waals surface area contributed by atoms with E-state index >= 15 is 0 Å². The summed E-state index contributed by atoms with van der Waals surface area (Å²) in [5.41, 5.74) is 10.2. The van der Waals surface area contributed by atoms with Crippen LogP contribution in [0, 0.1) is 11.3 Å². The Morgan fingerprint density at radius 1 is 1.20 bits per heavy atom. The number of anilines is 1. The fourth-order valence-electron chi connectivity index (χ4n) is 7.94. The fourth-order valence-corrected chi connectivity index (χ4v) is 7.94. The first-order chi connectivity index (χ1) is 22.1. The minimum absolute atomic E-state index is 0.0882. The highest BCUT2D eigenvalue weighted by atomic mass is 19.1. The summed E-state index contributed by atoms with van der Waals surface area (Å²) in [6.07, 6.45) is 4.37. The summed E-state index contributed by atoms with van der Waals surface area (Å²) in [6, 6.07) is 7.87. The van der Waals surface area contributed by atoms with Crippen LogP contribution < -0.4 is 15.2 Å². The van der Waals surface area contributed by atoms with Gasteiger partial charge >= 0.3 is 0 Å². The second kappa shape index (κ2) is 11.8. The standard InChI is InChI=1S/C34H42FN7O4/c1-20(26-13-22(35)16-42(26)4)45-28-14-27(44-19-33(41(2)3)17-43-18-33)38-32(39-28)30-23-8-6-12-34(31(23)46-40-30)11-5-7-21-9-10-25(37)24(15-36)29(21)34/h9-10,14,20,22,26H,5-8,11-13,16-19,37H2,1-4H3/t20-,22+,26-,34+/m0/s1. The van der Waals surface area contributed by atoms with Gasteiger partial charge in [-0.05, 0) is 90.2 Å². The number of nitrogens with two attached hydrogens (primary N) is 1. The van der Waals surface area contributed by atoms with Crippen LogP contribution in [0.25, 0.3) is 11.5 Å². The predicted octanol–water partition coefficient (Wildman–Crippen LogP) is 4.06. The lowest BCUT2D eigenvalue weighted by Crippen LogP contribution is -2.63. The number of halogens is 1. The van der Waals surface area contributed by atoms with Gasteiger partial charge in [-0.15, -0.1) is 0 Å². The molecule has 4 atom stereocenters. The highest BCUT2D eigenvalue weighted by molar-refractivity contribution is 5.67. The number of rotatable bonds is 8. The SMILES string of the molecule is C[C@H](Oc1cc(OCC2(N(C)C)COC2)nc(-c2noc3c2CCC[C@@]32CCCc3ccc(N)c(C#N)c32)n1)[C@@H]1C[C@@H](F)CN1C. The van der Waals surface area contributed by atoms with Gasteiger partial charge in [0, 0.05) is 23.8 Å². The average Bonchev–Trinajstić information content (AvgIpc) is 3.60. The van der Waals surface area contributed by atoms with Crippen LogP contribution in [0.1, 0.15) is 67.0 Å². The minimum atomic E-state index is -0.886. The monoisotopic (exact) mass is 631 g/mol. The van der Waals surface area contributed by atoms with Crippen molar-refractivity contribution in [1.29, 1.82) is 5.26 Å². The highest BCUT2D eigenvalue weighted by Crippen LogP contribution is 2.53. The molecule has 4 heterocycles. The Bertz CT molecular complexity index is 1660. The second-order valence-electron chi connectivity index (χ2n) is 13.7. The zero-order valence-electron chi connectivity index (χ0n) is 27.0. The van der Waals surface area contributed by atoms with Crippen molar-refractivity contribution >= 4 is 5.69 Å². The van der Waals surface area contributed by atoms with Gasteiger partial charge in [-0.3, -0.25) is 9.80 Å². The van der Waals surface area contributed by atoms with E-state index < -0.39 is 11.6 Å². The molecule has 244 valence electrons. The predicted molar refractivity (Wildman–Crippen MR) is 169 cm³/mol. The molecule has 1 aromatic carbocycles. The number of nitrogens with zero attached hydrogens (tertiary/aromatic N) is 6. The number of benzene rings is 1. The molecule has 0 saturated carbocycles. The molecule has 0 radical (unpaired) electrons. The molecular formula is C34H42FN7O4. The van der Waals surface area contributed by atoms with E-state index in [1.807, 2.05) is 45.1 Å². The second-order valence-corrected chi connectivity index (χ2v) is 13.7. The van der Waals surface area contributed by atoms with E-state index in [0.717, 1.165) is 61.0 Å². The van der Waals surface area contributed by atoms with Crippen LogP contribution in [-0.4, -0.2) is 96.3 Å². The van der Waals surface area contributed by atoms with Crippen LogP contribution >= 0.6 is 0 Å². The number of aryl methyl sites for hydroxylation is 1. The minimum Gasteiger partial charge on any atom is -0.475 e. The smallest absolute Gasteiger partial charge is 0.221 e. The first-order valence-corrected chi connectivity index (χ1v) is 16.2. The number of ether oxygens (including phenoxy) is 3.